The van der Waals surface area contributed by atoms with E-state index in [-0.39, 0.29) is 0 Å². The number of furan rings is 1. The van der Waals surface area contributed by atoms with Crippen LogP contribution in [0.25, 0.3) is 34.2 Å². The SMILES string of the molecule is Cc1c([Si](c2ccccc2)(c2ccccc2)c2ccccc2)c(-c2cccn2-c2ccccc2)n(-c2ccccc2)c1-c1ccco1. The average Bonchev–Trinajstić information content (AvgIpc) is 3.91. The van der Waals surface area contributed by atoms with Gasteiger partial charge in [0.25, 0.3) is 0 Å². The summed E-state index contributed by atoms with van der Waals surface area (Å²) in [6.45, 7) is 2.29. The molecule has 0 atom stereocenters. The second-order valence-electron chi connectivity index (χ2n) is 11.8. The van der Waals surface area contributed by atoms with E-state index in [4.69, 9.17) is 4.42 Å². The first-order chi connectivity index (χ1) is 23.3. The summed E-state index contributed by atoms with van der Waals surface area (Å²) in [4.78, 5) is 0. The standard InChI is InChI=1S/C43H34N2OSi/c1-33-41(40-30-18-32-46-40)45(35-21-9-3-10-22-35)42(39-29-17-31-44(39)34-19-7-2-8-20-34)43(33)47(36-23-11-4-12-24-36,37-25-13-5-14-26-37)38-27-15-6-16-28-38/h2-32H,1H3. The molecule has 0 spiro atoms. The van der Waals surface area contributed by atoms with Crippen LogP contribution in [0.2, 0.25) is 0 Å². The summed E-state index contributed by atoms with van der Waals surface area (Å²) in [5.41, 5.74) is 6.76. The van der Waals surface area contributed by atoms with Crippen molar-refractivity contribution in [2.75, 3.05) is 0 Å². The Bertz CT molecular complexity index is 2120. The van der Waals surface area contributed by atoms with Crippen LogP contribution in [-0.4, -0.2) is 17.2 Å². The van der Waals surface area contributed by atoms with Crippen molar-refractivity contribution in [3.63, 3.8) is 0 Å². The predicted molar refractivity (Wildman–Crippen MR) is 197 cm³/mol. The van der Waals surface area contributed by atoms with Crippen LogP contribution in [0, 0.1) is 6.92 Å². The van der Waals surface area contributed by atoms with Gasteiger partial charge in [0.1, 0.15) is 0 Å². The average molecular weight is 623 g/mol. The molecule has 0 saturated carbocycles. The highest BCUT2D eigenvalue weighted by molar-refractivity contribution is 7.20. The zero-order valence-electron chi connectivity index (χ0n) is 26.2. The number of benzene rings is 5. The molecule has 8 aromatic rings. The molecule has 3 aromatic heterocycles. The molecule has 0 aliphatic heterocycles. The molecule has 4 heteroatoms. The van der Waals surface area contributed by atoms with Gasteiger partial charge in [0.15, 0.2) is 13.8 Å². The third-order valence-electron chi connectivity index (χ3n) is 9.20. The van der Waals surface area contributed by atoms with Gasteiger partial charge in [-0.3, -0.25) is 0 Å². The van der Waals surface area contributed by atoms with Gasteiger partial charge in [0.05, 0.1) is 23.3 Å². The molecule has 0 unspecified atom stereocenters. The Hall–Kier alpha value is -5.84. The van der Waals surface area contributed by atoms with Crippen LogP contribution in [0.15, 0.2) is 193 Å². The van der Waals surface area contributed by atoms with Gasteiger partial charge in [-0.2, -0.15) is 0 Å². The van der Waals surface area contributed by atoms with Crippen LogP contribution >= 0.6 is 0 Å². The second kappa shape index (κ2) is 12.2. The van der Waals surface area contributed by atoms with Crippen LogP contribution in [-0.2, 0) is 0 Å². The lowest BCUT2D eigenvalue weighted by atomic mass is 10.2. The second-order valence-corrected chi connectivity index (χ2v) is 15.5. The zero-order valence-corrected chi connectivity index (χ0v) is 27.2. The van der Waals surface area contributed by atoms with Gasteiger partial charge >= 0.3 is 0 Å². The molecule has 0 aliphatic rings. The summed E-state index contributed by atoms with van der Waals surface area (Å²) in [5.74, 6) is 0.841. The number of rotatable bonds is 8. The lowest BCUT2D eigenvalue weighted by Gasteiger charge is -2.35. The fourth-order valence-electron chi connectivity index (χ4n) is 7.32. The summed E-state index contributed by atoms with van der Waals surface area (Å²) >= 11 is 0. The fourth-order valence-corrected chi connectivity index (χ4v) is 12.5. The minimum atomic E-state index is -3.00. The van der Waals surface area contributed by atoms with Crippen molar-refractivity contribution in [1.29, 1.82) is 0 Å². The van der Waals surface area contributed by atoms with Crippen LogP contribution < -0.4 is 20.7 Å². The summed E-state index contributed by atoms with van der Waals surface area (Å²) in [6.07, 6.45) is 3.95. The van der Waals surface area contributed by atoms with E-state index in [0.29, 0.717) is 0 Å². The number of hydrogen-bond donors (Lipinski definition) is 0. The highest BCUT2D eigenvalue weighted by Gasteiger charge is 2.47. The van der Waals surface area contributed by atoms with Gasteiger partial charge < -0.3 is 13.6 Å². The van der Waals surface area contributed by atoms with E-state index in [9.17, 15) is 0 Å². The van der Waals surface area contributed by atoms with Gasteiger partial charge in [-0.25, -0.2) is 0 Å². The summed E-state index contributed by atoms with van der Waals surface area (Å²) in [7, 11) is -3.00. The van der Waals surface area contributed by atoms with Crippen molar-refractivity contribution in [1.82, 2.24) is 9.13 Å². The van der Waals surface area contributed by atoms with Gasteiger partial charge in [-0.1, -0.05) is 127 Å². The molecule has 8 rings (SSSR count). The number of para-hydroxylation sites is 2. The van der Waals surface area contributed by atoms with Crippen LogP contribution in [0.3, 0.4) is 0 Å². The molecule has 0 N–H and O–H groups in total. The minimum Gasteiger partial charge on any atom is -0.463 e. The van der Waals surface area contributed by atoms with Crippen molar-refractivity contribution in [2.45, 2.75) is 6.92 Å². The van der Waals surface area contributed by atoms with Crippen molar-refractivity contribution >= 4 is 28.8 Å². The van der Waals surface area contributed by atoms with E-state index in [1.165, 1.54) is 26.3 Å². The Morgan fingerprint density at radius 2 is 0.957 bits per heavy atom. The molecule has 0 aliphatic carbocycles. The molecule has 0 saturated heterocycles. The van der Waals surface area contributed by atoms with Crippen molar-refractivity contribution in [3.05, 3.63) is 194 Å². The lowest BCUT2D eigenvalue weighted by Crippen LogP contribution is -2.75. The topological polar surface area (TPSA) is 23.0 Å². The van der Waals surface area contributed by atoms with Crippen molar-refractivity contribution in [2.24, 2.45) is 0 Å². The van der Waals surface area contributed by atoms with Crippen molar-refractivity contribution in [3.8, 4) is 34.2 Å². The largest absolute Gasteiger partial charge is 0.463 e. The maximum absolute atomic E-state index is 6.28. The Kier molecular flexibility index (Phi) is 7.40. The summed E-state index contributed by atoms with van der Waals surface area (Å²) in [5, 5.41) is 5.33. The molecule has 5 aromatic carbocycles. The Morgan fingerprint density at radius 1 is 0.468 bits per heavy atom. The van der Waals surface area contributed by atoms with Crippen LogP contribution in [0.1, 0.15) is 5.56 Å². The number of aromatic nitrogens is 2. The quantitative estimate of drug-likeness (QED) is 0.125. The first kappa shape index (κ1) is 28.6. The number of nitrogens with zero attached hydrogens (tertiary/aromatic N) is 2. The summed E-state index contributed by atoms with van der Waals surface area (Å²) < 4.78 is 11.0. The molecule has 0 bridgehead atoms. The Balaban J connectivity index is 1.63. The van der Waals surface area contributed by atoms with E-state index in [0.717, 1.165) is 34.2 Å². The van der Waals surface area contributed by atoms with Crippen LogP contribution in [0.5, 0.6) is 0 Å². The minimum absolute atomic E-state index is 0.841. The Labute approximate surface area is 276 Å². The molecule has 3 heterocycles. The molecule has 3 nitrogen and oxygen atoms in total. The van der Waals surface area contributed by atoms with Gasteiger partial charge in [-0.05, 0) is 81.8 Å². The maximum atomic E-state index is 6.28. The highest BCUT2D eigenvalue weighted by atomic mass is 28.3. The predicted octanol–water partition coefficient (Wildman–Crippen LogP) is 7.88. The molecular formula is C43H34N2OSi. The molecule has 0 amide bonds. The number of hydrogen-bond acceptors (Lipinski definition) is 1. The molecular weight excluding hydrogens is 589 g/mol. The molecule has 0 radical (unpaired) electrons. The Morgan fingerprint density at radius 3 is 1.45 bits per heavy atom. The van der Waals surface area contributed by atoms with Gasteiger partial charge in [0.2, 0.25) is 0 Å². The highest BCUT2D eigenvalue weighted by Crippen LogP contribution is 2.37. The molecule has 47 heavy (non-hydrogen) atoms. The monoisotopic (exact) mass is 622 g/mol. The smallest absolute Gasteiger partial charge is 0.182 e. The van der Waals surface area contributed by atoms with E-state index in [1.54, 1.807) is 6.26 Å². The third kappa shape index (κ3) is 4.73. The third-order valence-corrected chi connectivity index (χ3v) is 14.2. The molecule has 226 valence electrons. The maximum Gasteiger partial charge on any atom is 0.182 e. The van der Waals surface area contributed by atoms with Crippen LogP contribution in [0.4, 0.5) is 0 Å². The van der Waals surface area contributed by atoms with E-state index >= 15 is 0 Å². The summed E-state index contributed by atoms with van der Waals surface area (Å²) in [6, 6.07) is 63.3. The first-order valence-corrected chi connectivity index (χ1v) is 18.0. The van der Waals surface area contributed by atoms with E-state index in [1.807, 2.05) is 6.07 Å². The van der Waals surface area contributed by atoms with Crippen molar-refractivity contribution < 1.29 is 4.42 Å². The van der Waals surface area contributed by atoms with E-state index < -0.39 is 8.07 Å². The van der Waals surface area contributed by atoms with Gasteiger partial charge in [-0.15, -0.1) is 0 Å². The first-order valence-electron chi connectivity index (χ1n) is 16.0. The fraction of sp³-hybridized carbons (Fsp3) is 0.0233. The normalized spacial score (nSPS) is 11.5. The zero-order chi connectivity index (χ0) is 31.6. The van der Waals surface area contributed by atoms with Gasteiger partial charge in [0, 0.05) is 17.6 Å². The molecule has 0 fully saturated rings. The lowest BCUT2D eigenvalue weighted by molar-refractivity contribution is 0.578. The van der Waals surface area contributed by atoms with E-state index in [2.05, 4.69) is 192 Å².